The summed E-state index contributed by atoms with van der Waals surface area (Å²) in [6, 6.07) is 16.5. The lowest BCUT2D eigenvalue weighted by Crippen LogP contribution is -2.47. The summed E-state index contributed by atoms with van der Waals surface area (Å²) in [5, 5.41) is 4.24. The number of fused-ring (bicyclic) bond motifs is 1. The van der Waals surface area contributed by atoms with Gasteiger partial charge in [-0.3, -0.25) is 4.79 Å². The molecule has 1 fully saturated rings. The molecule has 0 bridgehead atoms. The highest BCUT2D eigenvalue weighted by molar-refractivity contribution is 7.89. The van der Waals surface area contributed by atoms with Gasteiger partial charge in [-0.15, -0.1) is 0 Å². The SMILES string of the molecule is CC(C)(C)OC(=O)N1CCC(NS(=O)(=O)c2ccc(NC(=O)c3ccccc3Cl)c3ccccc23)CC1. The zero-order valence-electron chi connectivity index (χ0n) is 21.0. The van der Waals surface area contributed by atoms with Gasteiger partial charge in [-0.2, -0.15) is 0 Å². The van der Waals surface area contributed by atoms with Crippen molar-refractivity contribution in [3.05, 3.63) is 71.2 Å². The lowest BCUT2D eigenvalue weighted by Gasteiger charge is -2.33. The highest BCUT2D eigenvalue weighted by Gasteiger charge is 2.30. The molecule has 1 aliphatic heterocycles. The number of carbonyl (C=O) groups excluding carboxylic acids is 2. The van der Waals surface area contributed by atoms with E-state index in [-0.39, 0.29) is 16.8 Å². The van der Waals surface area contributed by atoms with Crippen molar-refractivity contribution in [1.29, 1.82) is 0 Å². The van der Waals surface area contributed by atoms with Gasteiger partial charge in [-0.1, -0.05) is 48.0 Å². The normalized spacial score (nSPS) is 15.0. The summed E-state index contributed by atoms with van der Waals surface area (Å²) in [5.74, 6) is -0.388. The average Bonchev–Trinajstić information content (AvgIpc) is 2.83. The standard InChI is InChI=1S/C27H30ClN3O5S/c1-27(2,3)36-26(33)31-16-14-18(15-17-31)30-37(34,35)24-13-12-23(19-8-4-5-9-20(19)24)29-25(32)21-10-6-7-11-22(21)28/h4-13,18,30H,14-17H2,1-3H3,(H,29,32). The smallest absolute Gasteiger partial charge is 0.410 e. The number of nitrogens with zero attached hydrogens (tertiary/aromatic N) is 1. The largest absolute Gasteiger partial charge is 0.444 e. The second-order valence-electron chi connectivity index (χ2n) is 9.95. The molecule has 0 aliphatic carbocycles. The Bertz CT molecular complexity index is 1430. The van der Waals surface area contributed by atoms with E-state index in [1.165, 1.54) is 6.07 Å². The van der Waals surface area contributed by atoms with Crippen molar-refractivity contribution in [2.75, 3.05) is 18.4 Å². The van der Waals surface area contributed by atoms with Crippen LogP contribution in [0.25, 0.3) is 10.8 Å². The Morgan fingerprint density at radius 2 is 1.57 bits per heavy atom. The fourth-order valence-electron chi connectivity index (χ4n) is 4.24. The molecule has 0 radical (unpaired) electrons. The number of ether oxygens (including phenoxy) is 1. The van der Waals surface area contributed by atoms with Gasteiger partial charge in [-0.25, -0.2) is 17.9 Å². The van der Waals surface area contributed by atoms with Crippen molar-refractivity contribution in [3.8, 4) is 0 Å². The number of amides is 2. The molecule has 0 aromatic heterocycles. The third kappa shape index (κ3) is 6.41. The molecule has 10 heteroatoms. The first-order chi connectivity index (χ1) is 17.4. The summed E-state index contributed by atoms with van der Waals surface area (Å²) >= 11 is 6.16. The van der Waals surface area contributed by atoms with Crippen molar-refractivity contribution in [1.82, 2.24) is 9.62 Å². The Hall–Kier alpha value is -3.14. The predicted octanol–water partition coefficient (Wildman–Crippen LogP) is 5.42. The molecule has 0 saturated carbocycles. The molecule has 0 spiro atoms. The molecule has 37 heavy (non-hydrogen) atoms. The second-order valence-corrected chi connectivity index (χ2v) is 12.0. The van der Waals surface area contributed by atoms with Crippen molar-refractivity contribution in [2.24, 2.45) is 0 Å². The first-order valence-corrected chi connectivity index (χ1v) is 13.9. The highest BCUT2D eigenvalue weighted by atomic mass is 35.5. The van der Waals surface area contributed by atoms with Gasteiger partial charge in [0.25, 0.3) is 5.91 Å². The first kappa shape index (κ1) is 26.9. The molecule has 8 nitrogen and oxygen atoms in total. The van der Waals surface area contributed by atoms with Gasteiger partial charge in [0.15, 0.2) is 0 Å². The summed E-state index contributed by atoms with van der Waals surface area (Å²) in [4.78, 5) is 26.8. The number of hydrogen-bond donors (Lipinski definition) is 2. The van der Waals surface area contributed by atoms with Crippen LogP contribution in [0.3, 0.4) is 0 Å². The van der Waals surface area contributed by atoms with Crippen LogP contribution in [0.2, 0.25) is 5.02 Å². The lowest BCUT2D eigenvalue weighted by atomic mass is 10.1. The maximum atomic E-state index is 13.4. The number of nitrogens with one attached hydrogen (secondary N) is 2. The first-order valence-electron chi connectivity index (χ1n) is 12.0. The Labute approximate surface area is 222 Å². The van der Waals surface area contributed by atoms with E-state index in [0.29, 0.717) is 53.0 Å². The van der Waals surface area contributed by atoms with Crippen LogP contribution in [0.5, 0.6) is 0 Å². The van der Waals surface area contributed by atoms with E-state index in [0.717, 1.165) is 0 Å². The number of rotatable bonds is 5. The zero-order valence-corrected chi connectivity index (χ0v) is 22.5. The van der Waals surface area contributed by atoms with E-state index in [1.54, 1.807) is 59.5 Å². The fourth-order valence-corrected chi connectivity index (χ4v) is 5.98. The van der Waals surface area contributed by atoms with Crippen LogP contribution in [-0.4, -0.2) is 50.1 Å². The third-order valence-corrected chi connectivity index (χ3v) is 7.92. The maximum Gasteiger partial charge on any atom is 0.410 e. The zero-order chi connectivity index (χ0) is 26.8. The van der Waals surface area contributed by atoms with Crippen LogP contribution >= 0.6 is 11.6 Å². The third-order valence-electron chi connectivity index (χ3n) is 6.01. The predicted molar refractivity (Wildman–Crippen MR) is 145 cm³/mol. The Balaban J connectivity index is 1.51. The quantitative estimate of drug-likeness (QED) is 0.447. The van der Waals surface area contributed by atoms with Crippen LogP contribution in [-0.2, 0) is 14.8 Å². The van der Waals surface area contributed by atoms with Crippen molar-refractivity contribution in [2.45, 2.75) is 50.2 Å². The van der Waals surface area contributed by atoms with E-state index in [2.05, 4.69) is 10.0 Å². The Kier molecular flexibility index (Phi) is 7.77. The van der Waals surface area contributed by atoms with Crippen LogP contribution in [0.15, 0.2) is 65.6 Å². The van der Waals surface area contributed by atoms with Crippen molar-refractivity contribution < 1.29 is 22.7 Å². The molecule has 1 saturated heterocycles. The van der Waals surface area contributed by atoms with E-state index >= 15 is 0 Å². The molecule has 1 heterocycles. The number of piperidine rings is 1. The second kappa shape index (κ2) is 10.7. The molecule has 1 aliphatic rings. The summed E-state index contributed by atoms with van der Waals surface area (Å²) in [6.45, 7) is 6.22. The fraction of sp³-hybridized carbons (Fsp3) is 0.333. The van der Waals surface area contributed by atoms with E-state index in [4.69, 9.17) is 16.3 Å². The lowest BCUT2D eigenvalue weighted by molar-refractivity contribution is 0.0203. The van der Waals surface area contributed by atoms with Gasteiger partial charge in [0.1, 0.15) is 5.60 Å². The molecule has 0 atom stereocenters. The molecule has 0 unspecified atom stereocenters. The van der Waals surface area contributed by atoms with Gasteiger partial charge in [0, 0.05) is 35.6 Å². The van der Waals surface area contributed by atoms with Crippen molar-refractivity contribution >= 4 is 50.1 Å². The monoisotopic (exact) mass is 543 g/mol. The van der Waals surface area contributed by atoms with Crippen LogP contribution in [0.4, 0.5) is 10.5 Å². The molecule has 2 N–H and O–H groups in total. The maximum absolute atomic E-state index is 13.4. The minimum atomic E-state index is -3.88. The number of anilines is 1. The number of sulfonamides is 1. The van der Waals surface area contributed by atoms with Crippen LogP contribution < -0.4 is 10.0 Å². The number of likely N-dealkylation sites (tertiary alicyclic amines) is 1. The van der Waals surface area contributed by atoms with Gasteiger partial charge in [0.2, 0.25) is 10.0 Å². The number of benzene rings is 3. The Morgan fingerprint density at radius 1 is 0.946 bits per heavy atom. The van der Waals surface area contributed by atoms with Gasteiger partial charge in [-0.05, 0) is 57.9 Å². The number of carbonyl (C=O) groups is 2. The summed E-state index contributed by atoms with van der Waals surface area (Å²) in [6.07, 6.45) is 0.555. The molecule has 3 aromatic carbocycles. The molecule has 3 aromatic rings. The summed E-state index contributed by atoms with van der Waals surface area (Å²) < 4.78 is 35.0. The molecule has 2 amide bonds. The van der Waals surface area contributed by atoms with E-state index in [9.17, 15) is 18.0 Å². The molecular formula is C27H30ClN3O5S. The van der Waals surface area contributed by atoms with Gasteiger partial charge < -0.3 is 15.0 Å². The highest BCUT2D eigenvalue weighted by Crippen LogP contribution is 2.31. The number of halogens is 1. The van der Waals surface area contributed by atoms with E-state index < -0.39 is 21.7 Å². The minimum absolute atomic E-state index is 0.119. The molecule has 4 rings (SSSR count). The number of hydrogen-bond acceptors (Lipinski definition) is 5. The average molecular weight is 544 g/mol. The summed E-state index contributed by atoms with van der Waals surface area (Å²) in [5.41, 5.74) is 0.213. The van der Waals surface area contributed by atoms with Crippen molar-refractivity contribution in [3.63, 3.8) is 0 Å². The van der Waals surface area contributed by atoms with E-state index in [1.807, 2.05) is 20.8 Å². The van der Waals surface area contributed by atoms with Crippen LogP contribution in [0, 0.1) is 0 Å². The Morgan fingerprint density at radius 3 is 2.22 bits per heavy atom. The summed E-state index contributed by atoms with van der Waals surface area (Å²) in [7, 11) is -3.88. The molecular weight excluding hydrogens is 514 g/mol. The molecule has 196 valence electrons. The van der Waals surface area contributed by atoms with Crippen LogP contribution in [0.1, 0.15) is 44.0 Å². The van der Waals surface area contributed by atoms with Gasteiger partial charge in [0.05, 0.1) is 15.5 Å². The topological polar surface area (TPSA) is 105 Å². The van der Waals surface area contributed by atoms with Gasteiger partial charge >= 0.3 is 6.09 Å². The minimum Gasteiger partial charge on any atom is -0.444 e.